The Bertz CT molecular complexity index is 983. The summed E-state index contributed by atoms with van der Waals surface area (Å²) in [6.45, 7) is 4.61. The van der Waals surface area contributed by atoms with Gasteiger partial charge in [-0.2, -0.15) is 0 Å². The first-order valence-corrected chi connectivity index (χ1v) is 12.0. The number of carboxylic acids is 1. The van der Waals surface area contributed by atoms with Gasteiger partial charge in [0.25, 0.3) is 0 Å². The molecule has 1 amide bonds. The van der Waals surface area contributed by atoms with Gasteiger partial charge in [0.05, 0.1) is 6.54 Å². The molecule has 0 heterocycles. The van der Waals surface area contributed by atoms with Crippen LogP contribution in [0.3, 0.4) is 0 Å². The van der Waals surface area contributed by atoms with Crippen molar-refractivity contribution in [2.75, 3.05) is 26.3 Å². The second-order valence-corrected chi connectivity index (χ2v) is 8.04. The zero-order valence-corrected chi connectivity index (χ0v) is 20.8. The number of hydrogen-bond donors (Lipinski definition) is 1. The molecule has 0 aliphatic heterocycles. The molecule has 0 saturated heterocycles. The van der Waals surface area contributed by atoms with Gasteiger partial charge in [-0.25, -0.2) is 9.59 Å². The SMILES string of the molecule is CCCCCN(CCOc1ccc(CC(OCC)C(=O)O)cc1)C(=O)Oc1ccccc1OC(F)(F)F. The van der Waals surface area contributed by atoms with E-state index < -0.39 is 30.3 Å². The van der Waals surface area contributed by atoms with Crippen LogP contribution in [-0.4, -0.2) is 60.8 Å². The zero-order valence-electron chi connectivity index (χ0n) is 20.8. The van der Waals surface area contributed by atoms with Crippen molar-refractivity contribution < 1.29 is 46.8 Å². The standard InChI is InChI=1S/C26H32F3NO7/c1-3-5-8-15-30(25(33)36-21-9-6-7-10-22(21)37-26(27,28)29)16-17-35-20-13-11-19(12-14-20)18-23(24(31)32)34-4-2/h6-7,9-14,23H,3-5,8,15-18H2,1-2H3,(H,31,32). The van der Waals surface area contributed by atoms with E-state index in [1.54, 1.807) is 31.2 Å². The lowest BCUT2D eigenvalue weighted by molar-refractivity contribution is -0.275. The predicted molar refractivity (Wildman–Crippen MR) is 129 cm³/mol. The highest BCUT2D eigenvalue weighted by Gasteiger charge is 2.33. The number of unbranched alkanes of at least 4 members (excludes halogenated alkanes) is 2. The van der Waals surface area contributed by atoms with Crippen LogP contribution < -0.4 is 14.2 Å². The molecule has 8 nitrogen and oxygen atoms in total. The van der Waals surface area contributed by atoms with Crippen molar-refractivity contribution in [1.82, 2.24) is 4.90 Å². The van der Waals surface area contributed by atoms with Gasteiger partial charge in [-0.15, -0.1) is 13.2 Å². The Hall–Kier alpha value is -3.47. The smallest absolute Gasteiger partial charge is 0.492 e. The summed E-state index contributed by atoms with van der Waals surface area (Å²) in [5, 5.41) is 9.22. The van der Waals surface area contributed by atoms with Crippen LogP contribution >= 0.6 is 0 Å². The summed E-state index contributed by atoms with van der Waals surface area (Å²) in [5.41, 5.74) is 0.762. The van der Waals surface area contributed by atoms with E-state index in [4.69, 9.17) is 14.2 Å². The van der Waals surface area contributed by atoms with Crippen LogP contribution in [0.15, 0.2) is 48.5 Å². The van der Waals surface area contributed by atoms with Gasteiger partial charge in [0.1, 0.15) is 12.4 Å². The summed E-state index contributed by atoms with van der Waals surface area (Å²) in [6.07, 6.45) is -4.01. The van der Waals surface area contributed by atoms with Crippen molar-refractivity contribution in [3.05, 3.63) is 54.1 Å². The zero-order chi connectivity index (χ0) is 27.3. The van der Waals surface area contributed by atoms with Gasteiger partial charge in [0, 0.05) is 19.6 Å². The van der Waals surface area contributed by atoms with E-state index in [0.717, 1.165) is 24.5 Å². The van der Waals surface area contributed by atoms with Crippen molar-refractivity contribution in [3.63, 3.8) is 0 Å². The highest BCUT2D eigenvalue weighted by molar-refractivity contribution is 5.73. The molecule has 1 atom stereocenters. The molecule has 0 bridgehead atoms. The van der Waals surface area contributed by atoms with Crippen LogP contribution in [0, 0.1) is 0 Å². The largest absolute Gasteiger partial charge is 0.573 e. The van der Waals surface area contributed by atoms with E-state index in [2.05, 4.69) is 4.74 Å². The summed E-state index contributed by atoms with van der Waals surface area (Å²) in [7, 11) is 0. The van der Waals surface area contributed by atoms with Gasteiger partial charge >= 0.3 is 18.4 Å². The lowest BCUT2D eigenvalue weighted by Crippen LogP contribution is -2.37. The van der Waals surface area contributed by atoms with E-state index >= 15 is 0 Å². The molecule has 0 radical (unpaired) electrons. The van der Waals surface area contributed by atoms with Gasteiger partial charge in [-0.3, -0.25) is 0 Å². The molecule has 2 aromatic rings. The van der Waals surface area contributed by atoms with Crippen LogP contribution in [0.2, 0.25) is 0 Å². The van der Waals surface area contributed by atoms with E-state index in [0.29, 0.717) is 18.7 Å². The first kappa shape index (κ1) is 29.8. The molecular weight excluding hydrogens is 495 g/mol. The van der Waals surface area contributed by atoms with Gasteiger partial charge in [0.15, 0.2) is 17.6 Å². The number of hydrogen-bond acceptors (Lipinski definition) is 6. The number of alkyl halides is 3. The lowest BCUT2D eigenvalue weighted by atomic mass is 10.1. The minimum atomic E-state index is -4.93. The normalized spacial score (nSPS) is 12.0. The van der Waals surface area contributed by atoms with Crippen LogP contribution in [0.5, 0.6) is 17.2 Å². The number of carboxylic acid groups (broad SMARTS) is 1. The molecular formula is C26H32F3NO7. The maximum Gasteiger partial charge on any atom is 0.573 e. The Labute approximate surface area is 213 Å². The molecule has 37 heavy (non-hydrogen) atoms. The Morgan fingerprint density at radius 1 is 0.973 bits per heavy atom. The third kappa shape index (κ3) is 11.0. The maximum absolute atomic E-state index is 12.8. The van der Waals surface area contributed by atoms with E-state index in [9.17, 15) is 27.9 Å². The van der Waals surface area contributed by atoms with Crippen molar-refractivity contribution in [3.8, 4) is 17.2 Å². The Balaban J connectivity index is 1.98. The molecule has 0 aliphatic carbocycles. The molecule has 0 fully saturated rings. The summed E-state index contributed by atoms with van der Waals surface area (Å²) in [4.78, 5) is 25.4. The number of halogens is 3. The second-order valence-electron chi connectivity index (χ2n) is 8.04. The molecule has 0 saturated carbocycles. The van der Waals surface area contributed by atoms with Crippen LogP contribution in [0.1, 0.15) is 38.7 Å². The minimum absolute atomic E-state index is 0.109. The third-order valence-electron chi connectivity index (χ3n) is 5.18. The highest BCUT2D eigenvalue weighted by atomic mass is 19.4. The molecule has 0 spiro atoms. The number of amides is 1. The quantitative estimate of drug-likeness (QED) is 0.298. The fourth-order valence-electron chi connectivity index (χ4n) is 3.38. The summed E-state index contributed by atoms with van der Waals surface area (Å²) in [6, 6.07) is 11.9. The second kappa shape index (κ2) is 14.9. The molecule has 1 unspecified atom stereocenters. The van der Waals surface area contributed by atoms with Crippen molar-refractivity contribution >= 4 is 12.1 Å². The molecule has 1 N–H and O–H groups in total. The molecule has 2 aromatic carbocycles. The monoisotopic (exact) mass is 527 g/mol. The van der Waals surface area contributed by atoms with Crippen molar-refractivity contribution in [2.45, 2.75) is 52.0 Å². The first-order chi connectivity index (χ1) is 17.6. The Kier molecular flexibility index (Phi) is 12.0. The first-order valence-electron chi connectivity index (χ1n) is 12.0. The fourth-order valence-corrected chi connectivity index (χ4v) is 3.38. The number of para-hydroxylation sites is 2. The van der Waals surface area contributed by atoms with Crippen LogP contribution in [-0.2, 0) is 16.0 Å². The van der Waals surface area contributed by atoms with E-state index in [-0.39, 0.29) is 31.9 Å². The van der Waals surface area contributed by atoms with Crippen molar-refractivity contribution in [1.29, 1.82) is 0 Å². The van der Waals surface area contributed by atoms with Crippen molar-refractivity contribution in [2.24, 2.45) is 0 Å². The average Bonchev–Trinajstić information content (AvgIpc) is 2.84. The Morgan fingerprint density at radius 2 is 1.65 bits per heavy atom. The van der Waals surface area contributed by atoms with Gasteiger partial charge in [0.2, 0.25) is 0 Å². The van der Waals surface area contributed by atoms with Gasteiger partial charge in [-0.05, 0) is 43.2 Å². The van der Waals surface area contributed by atoms with Gasteiger partial charge in [-0.1, -0.05) is 44.0 Å². The fraction of sp³-hybridized carbons (Fsp3) is 0.462. The topological polar surface area (TPSA) is 94.5 Å². The summed E-state index contributed by atoms with van der Waals surface area (Å²) < 4.78 is 58.2. The highest BCUT2D eigenvalue weighted by Crippen LogP contribution is 2.32. The van der Waals surface area contributed by atoms with E-state index in [1.165, 1.54) is 23.1 Å². The number of benzene rings is 2. The minimum Gasteiger partial charge on any atom is -0.492 e. The number of aliphatic carboxylic acids is 1. The molecule has 2 rings (SSSR count). The Morgan fingerprint density at radius 3 is 2.24 bits per heavy atom. The number of nitrogens with zero attached hydrogens (tertiary/aromatic N) is 1. The van der Waals surface area contributed by atoms with E-state index in [1.807, 2.05) is 6.92 Å². The number of rotatable bonds is 15. The van der Waals surface area contributed by atoms with Gasteiger partial charge < -0.3 is 29.0 Å². The number of ether oxygens (including phenoxy) is 4. The lowest BCUT2D eigenvalue weighted by Gasteiger charge is -2.23. The molecule has 0 aliphatic rings. The maximum atomic E-state index is 12.8. The van der Waals surface area contributed by atoms with Crippen LogP contribution in [0.4, 0.5) is 18.0 Å². The predicted octanol–water partition coefficient (Wildman–Crippen LogP) is 5.69. The molecule has 0 aromatic heterocycles. The number of carbonyl (C=O) groups is 2. The number of carbonyl (C=O) groups excluding carboxylic acids is 1. The summed E-state index contributed by atoms with van der Waals surface area (Å²) >= 11 is 0. The molecule has 204 valence electrons. The third-order valence-corrected chi connectivity index (χ3v) is 5.18. The summed E-state index contributed by atoms with van der Waals surface area (Å²) in [5.74, 6) is -1.47. The average molecular weight is 528 g/mol. The van der Waals surface area contributed by atoms with Crippen LogP contribution in [0.25, 0.3) is 0 Å². The molecule has 11 heteroatoms.